The van der Waals surface area contributed by atoms with Gasteiger partial charge >= 0.3 is 0 Å². The lowest BCUT2D eigenvalue weighted by Gasteiger charge is -2.37. The molecule has 2 amide bonds. The number of hydrogen-bond acceptors (Lipinski definition) is 5. The maximum atomic E-state index is 13.5. The summed E-state index contributed by atoms with van der Waals surface area (Å²) < 4.78 is 18.6. The molecule has 2 aromatic rings. The minimum Gasteiger partial charge on any atom is -0.378 e. The summed E-state index contributed by atoms with van der Waals surface area (Å²) in [5.74, 6) is -0.100. The van der Waals surface area contributed by atoms with Crippen LogP contribution in [0.15, 0.2) is 42.5 Å². The lowest BCUT2D eigenvalue weighted by Crippen LogP contribution is -2.47. The molecule has 0 unspecified atom stereocenters. The van der Waals surface area contributed by atoms with Crippen LogP contribution in [0.5, 0.6) is 0 Å². The highest BCUT2D eigenvalue weighted by molar-refractivity contribution is 6.02. The van der Waals surface area contributed by atoms with Gasteiger partial charge in [0.1, 0.15) is 5.82 Å². The molecule has 180 valence electrons. The summed E-state index contributed by atoms with van der Waals surface area (Å²) in [4.78, 5) is 32.2. The van der Waals surface area contributed by atoms with Crippen LogP contribution in [0.25, 0.3) is 0 Å². The Kier molecular flexibility index (Phi) is 6.78. The Morgan fingerprint density at radius 3 is 2.32 bits per heavy atom. The molecule has 3 fully saturated rings. The van der Waals surface area contributed by atoms with Gasteiger partial charge in [-0.05, 0) is 48.7 Å². The molecule has 5 rings (SSSR count). The first-order valence-electron chi connectivity index (χ1n) is 12.1. The molecular weight excluding hydrogens is 435 g/mol. The van der Waals surface area contributed by atoms with Crippen LogP contribution in [0.1, 0.15) is 28.8 Å². The predicted molar refractivity (Wildman–Crippen MR) is 128 cm³/mol. The third kappa shape index (κ3) is 5.39. The van der Waals surface area contributed by atoms with Gasteiger partial charge in [-0.3, -0.25) is 14.5 Å². The topological polar surface area (TPSA) is 65.1 Å². The monoisotopic (exact) mass is 466 g/mol. The van der Waals surface area contributed by atoms with Crippen molar-refractivity contribution in [3.63, 3.8) is 0 Å². The third-order valence-corrected chi connectivity index (χ3v) is 6.77. The minimum atomic E-state index is -0.220. The predicted octanol–water partition coefficient (Wildman–Crippen LogP) is 2.97. The first kappa shape index (κ1) is 22.8. The molecule has 0 aromatic heterocycles. The number of carbonyl (C=O) groups is 2. The molecule has 2 aliphatic heterocycles. The van der Waals surface area contributed by atoms with Crippen LogP contribution in [0.2, 0.25) is 0 Å². The van der Waals surface area contributed by atoms with Gasteiger partial charge in [-0.1, -0.05) is 12.1 Å². The lowest BCUT2D eigenvalue weighted by atomic mass is 10.1. The van der Waals surface area contributed by atoms with E-state index in [1.807, 2.05) is 35.2 Å². The lowest BCUT2D eigenvalue weighted by molar-refractivity contribution is -0.117. The number of ether oxygens (including phenoxy) is 1. The quantitative estimate of drug-likeness (QED) is 0.709. The zero-order valence-corrected chi connectivity index (χ0v) is 19.3. The second-order valence-corrected chi connectivity index (χ2v) is 9.29. The van der Waals surface area contributed by atoms with Gasteiger partial charge in [0.15, 0.2) is 0 Å². The number of morpholine rings is 1. The molecule has 1 N–H and O–H groups in total. The Morgan fingerprint density at radius 1 is 0.941 bits per heavy atom. The smallest absolute Gasteiger partial charge is 0.256 e. The van der Waals surface area contributed by atoms with Crippen LogP contribution in [0.4, 0.5) is 15.8 Å². The standard InChI is InChI=1S/C26H31FN4O3/c27-21-5-1-19(2-6-21)18-29-9-11-30(12-10-29)24-8-7-22(28-25(32)20-3-4-20)17-23(24)26(33)31-13-15-34-16-14-31/h1-2,5-8,17,20H,3-4,9-16,18H2,(H,28,32). The van der Waals surface area contributed by atoms with E-state index in [0.29, 0.717) is 37.6 Å². The van der Waals surface area contributed by atoms with E-state index in [2.05, 4.69) is 15.1 Å². The number of benzene rings is 2. The van der Waals surface area contributed by atoms with Gasteiger partial charge < -0.3 is 19.9 Å². The SMILES string of the molecule is O=C(Nc1ccc(N2CCN(Cc3ccc(F)cc3)CC2)c(C(=O)N2CCOCC2)c1)C1CC1. The molecule has 1 aliphatic carbocycles. The van der Waals surface area contributed by atoms with Crippen LogP contribution in [0.3, 0.4) is 0 Å². The number of anilines is 2. The molecule has 3 aliphatic rings. The van der Waals surface area contributed by atoms with Crippen molar-refractivity contribution in [3.8, 4) is 0 Å². The maximum Gasteiger partial charge on any atom is 0.256 e. The molecule has 0 bridgehead atoms. The van der Waals surface area contributed by atoms with Gasteiger partial charge in [0, 0.05) is 63.1 Å². The molecule has 2 aromatic carbocycles. The first-order valence-corrected chi connectivity index (χ1v) is 12.1. The summed E-state index contributed by atoms with van der Waals surface area (Å²) in [5.41, 5.74) is 3.30. The average Bonchev–Trinajstić information content (AvgIpc) is 3.72. The van der Waals surface area contributed by atoms with Crippen molar-refractivity contribution in [2.24, 2.45) is 5.92 Å². The van der Waals surface area contributed by atoms with E-state index in [-0.39, 0.29) is 23.5 Å². The van der Waals surface area contributed by atoms with Gasteiger partial charge in [-0.25, -0.2) is 4.39 Å². The summed E-state index contributed by atoms with van der Waals surface area (Å²) in [7, 11) is 0. The van der Waals surface area contributed by atoms with Crippen molar-refractivity contribution < 1.29 is 18.7 Å². The fourth-order valence-electron chi connectivity index (χ4n) is 4.58. The van der Waals surface area contributed by atoms with Crippen LogP contribution in [-0.2, 0) is 16.1 Å². The van der Waals surface area contributed by atoms with Crippen molar-refractivity contribution in [2.45, 2.75) is 19.4 Å². The Hall–Kier alpha value is -2.97. The largest absolute Gasteiger partial charge is 0.378 e. The molecule has 34 heavy (non-hydrogen) atoms. The Morgan fingerprint density at radius 2 is 1.65 bits per heavy atom. The number of hydrogen-bond donors (Lipinski definition) is 1. The van der Waals surface area contributed by atoms with Gasteiger partial charge in [-0.15, -0.1) is 0 Å². The van der Waals surface area contributed by atoms with Crippen molar-refractivity contribution in [3.05, 3.63) is 59.4 Å². The summed E-state index contributed by atoms with van der Waals surface area (Å²) in [6.07, 6.45) is 1.87. The summed E-state index contributed by atoms with van der Waals surface area (Å²) >= 11 is 0. The number of rotatable bonds is 6. The van der Waals surface area contributed by atoms with Crippen LogP contribution >= 0.6 is 0 Å². The van der Waals surface area contributed by atoms with Crippen molar-refractivity contribution in [1.29, 1.82) is 0 Å². The minimum absolute atomic E-state index is 0.0189. The van der Waals surface area contributed by atoms with Crippen LogP contribution < -0.4 is 10.2 Å². The first-order chi connectivity index (χ1) is 16.6. The van der Waals surface area contributed by atoms with Gasteiger partial charge in [-0.2, -0.15) is 0 Å². The highest BCUT2D eigenvalue weighted by Gasteiger charge is 2.30. The maximum absolute atomic E-state index is 13.5. The van der Waals surface area contributed by atoms with Gasteiger partial charge in [0.05, 0.1) is 18.8 Å². The molecule has 0 spiro atoms. The second kappa shape index (κ2) is 10.1. The zero-order chi connectivity index (χ0) is 23.5. The van der Waals surface area contributed by atoms with Crippen LogP contribution in [0, 0.1) is 11.7 Å². The number of carbonyl (C=O) groups excluding carboxylic acids is 2. The van der Waals surface area contributed by atoms with E-state index in [0.717, 1.165) is 56.8 Å². The number of piperazine rings is 1. The van der Waals surface area contributed by atoms with E-state index in [1.54, 1.807) is 0 Å². The molecule has 8 heteroatoms. The normalized spacial score (nSPS) is 19.2. The van der Waals surface area contributed by atoms with Crippen molar-refractivity contribution >= 4 is 23.2 Å². The summed E-state index contributed by atoms with van der Waals surface area (Å²) in [5, 5.41) is 2.98. The fraction of sp³-hybridized carbons (Fsp3) is 0.462. The zero-order valence-electron chi connectivity index (χ0n) is 19.3. The van der Waals surface area contributed by atoms with E-state index < -0.39 is 0 Å². The highest BCUT2D eigenvalue weighted by Crippen LogP contribution is 2.32. The Labute approximate surface area is 199 Å². The van der Waals surface area contributed by atoms with E-state index in [9.17, 15) is 14.0 Å². The van der Waals surface area contributed by atoms with E-state index in [1.165, 1.54) is 12.1 Å². The number of nitrogens with zero attached hydrogens (tertiary/aromatic N) is 3. The molecule has 7 nitrogen and oxygen atoms in total. The third-order valence-electron chi connectivity index (χ3n) is 6.77. The van der Waals surface area contributed by atoms with E-state index >= 15 is 0 Å². The number of halogens is 1. The van der Waals surface area contributed by atoms with Crippen molar-refractivity contribution in [1.82, 2.24) is 9.80 Å². The second-order valence-electron chi connectivity index (χ2n) is 9.29. The van der Waals surface area contributed by atoms with Gasteiger partial charge in [0.2, 0.25) is 5.91 Å². The Bertz CT molecular complexity index is 1030. The summed E-state index contributed by atoms with van der Waals surface area (Å²) in [6, 6.07) is 12.4. The van der Waals surface area contributed by atoms with Crippen LogP contribution in [-0.4, -0.2) is 74.1 Å². The molecule has 2 heterocycles. The number of nitrogens with one attached hydrogen (secondary N) is 1. The highest BCUT2D eigenvalue weighted by atomic mass is 19.1. The van der Waals surface area contributed by atoms with Gasteiger partial charge in [0.25, 0.3) is 5.91 Å². The molecule has 2 saturated heterocycles. The molecule has 1 saturated carbocycles. The van der Waals surface area contributed by atoms with E-state index in [4.69, 9.17) is 4.74 Å². The number of amides is 2. The Balaban J connectivity index is 1.30. The average molecular weight is 467 g/mol. The van der Waals surface area contributed by atoms with Crippen molar-refractivity contribution in [2.75, 3.05) is 62.7 Å². The summed E-state index contributed by atoms with van der Waals surface area (Å²) in [6.45, 7) is 6.29. The molecular formula is C26H31FN4O3. The fourth-order valence-corrected chi connectivity index (χ4v) is 4.58. The molecule has 0 atom stereocenters. The molecule has 0 radical (unpaired) electrons.